The van der Waals surface area contributed by atoms with Crippen LogP contribution in [0.2, 0.25) is 0 Å². The van der Waals surface area contributed by atoms with Crippen LogP contribution in [0.15, 0.2) is 18.2 Å². The molecule has 0 aromatic heterocycles. The van der Waals surface area contributed by atoms with Gasteiger partial charge in [-0.3, -0.25) is 0 Å². The minimum atomic E-state index is 0.510. The number of hydrogen-bond donors (Lipinski definition) is 1. The monoisotopic (exact) mass is 207 g/mol. The van der Waals surface area contributed by atoms with E-state index in [2.05, 4.69) is 5.32 Å². The lowest BCUT2D eigenvalue weighted by molar-refractivity contribution is 0.380. The summed E-state index contributed by atoms with van der Waals surface area (Å²) in [6.07, 6.45) is 1.15. The fourth-order valence-electron chi connectivity index (χ4n) is 2.18. The van der Waals surface area contributed by atoms with Crippen LogP contribution in [0, 0.1) is 0 Å². The van der Waals surface area contributed by atoms with Crippen molar-refractivity contribution in [2.24, 2.45) is 0 Å². The Labute approximate surface area is 90.4 Å². The van der Waals surface area contributed by atoms with Crippen molar-refractivity contribution in [2.45, 2.75) is 12.3 Å². The van der Waals surface area contributed by atoms with Crippen molar-refractivity contribution in [2.75, 3.05) is 27.3 Å². The molecule has 3 heteroatoms. The Hall–Kier alpha value is -1.22. The smallest absolute Gasteiger partial charge is 0.126 e. The molecule has 1 aliphatic heterocycles. The Balaban J connectivity index is 2.39. The summed E-state index contributed by atoms with van der Waals surface area (Å²) in [7, 11) is 3.42. The van der Waals surface area contributed by atoms with Crippen LogP contribution < -0.4 is 14.8 Å². The molecule has 1 N–H and O–H groups in total. The Morgan fingerprint density at radius 2 is 1.87 bits per heavy atom. The molecule has 0 bridgehead atoms. The zero-order valence-corrected chi connectivity index (χ0v) is 9.25. The standard InChI is InChI=1S/C12H17NO2/c1-14-10-4-3-5-11(15-2)12(10)9-6-7-13-8-9/h3-5,9,13H,6-8H2,1-2H3. The maximum absolute atomic E-state index is 5.39. The van der Waals surface area contributed by atoms with Crippen LogP contribution in [0.25, 0.3) is 0 Å². The Morgan fingerprint density at radius 1 is 1.20 bits per heavy atom. The van der Waals surface area contributed by atoms with E-state index in [-0.39, 0.29) is 0 Å². The molecule has 1 heterocycles. The number of rotatable bonds is 3. The topological polar surface area (TPSA) is 30.5 Å². The van der Waals surface area contributed by atoms with E-state index in [9.17, 15) is 0 Å². The molecule has 1 aliphatic rings. The van der Waals surface area contributed by atoms with E-state index in [1.165, 1.54) is 5.56 Å². The van der Waals surface area contributed by atoms with Crippen molar-refractivity contribution < 1.29 is 9.47 Å². The lowest BCUT2D eigenvalue weighted by Gasteiger charge is -2.17. The van der Waals surface area contributed by atoms with Crippen LogP contribution in [-0.2, 0) is 0 Å². The van der Waals surface area contributed by atoms with Gasteiger partial charge in [0.05, 0.1) is 14.2 Å². The van der Waals surface area contributed by atoms with E-state index in [0.29, 0.717) is 5.92 Å². The Bertz CT molecular complexity index is 310. The maximum atomic E-state index is 5.39. The van der Waals surface area contributed by atoms with Crippen LogP contribution in [0.1, 0.15) is 17.9 Å². The van der Waals surface area contributed by atoms with Crippen molar-refractivity contribution in [1.29, 1.82) is 0 Å². The van der Waals surface area contributed by atoms with Gasteiger partial charge in [0.2, 0.25) is 0 Å². The van der Waals surface area contributed by atoms with E-state index in [1.54, 1.807) is 14.2 Å². The third kappa shape index (κ3) is 1.92. The van der Waals surface area contributed by atoms with Gasteiger partial charge in [0.25, 0.3) is 0 Å². The van der Waals surface area contributed by atoms with Crippen molar-refractivity contribution in [3.05, 3.63) is 23.8 Å². The number of benzene rings is 1. The molecule has 1 unspecified atom stereocenters. The molecule has 0 amide bonds. The molecule has 1 fully saturated rings. The summed E-state index contributed by atoms with van der Waals surface area (Å²) in [5, 5.41) is 3.36. The molecule has 0 saturated carbocycles. The minimum absolute atomic E-state index is 0.510. The molecular weight excluding hydrogens is 190 g/mol. The van der Waals surface area contributed by atoms with Crippen LogP contribution >= 0.6 is 0 Å². The second-order valence-corrected chi connectivity index (χ2v) is 3.77. The first-order valence-electron chi connectivity index (χ1n) is 5.28. The van der Waals surface area contributed by atoms with Gasteiger partial charge in [-0.1, -0.05) is 6.07 Å². The van der Waals surface area contributed by atoms with E-state index in [4.69, 9.17) is 9.47 Å². The van der Waals surface area contributed by atoms with E-state index in [1.807, 2.05) is 18.2 Å². The molecule has 1 atom stereocenters. The van der Waals surface area contributed by atoms with Crippen molar-refractivity contribution in [1.82, 2.24) is 5.32 Å². The fourth-order valence-corrected chi connectivity index (χ4v) is 2.18. The number of ether oxygens (including phenoxy) is 2. The quantitative estimate of drug-likeness (QED) is 0.819. The molecule has 0 spiro atoms. The molecule has 1 saturated heterocycles. The normalized spacial score (nSPS) is 20.3. The van der Waals surface area contributed by atoms with E-state index in [0.717, 1.165) is 31.0 Å². The molecule has 2 rings (SSSR count). The highest BCUT2D eigenvalue weighted by molar-refractivity contribution is 5.47. The zero-order chi connectivity index (χ0) is 10.7. The van der Waals surface area contributed by atoms with E-state index >= 15 is 0 Å². The highest BCUT2D eigenvalue weighted by Crippen LogP contribution is 2.37. The Kier molecular flexibility index (Phi) is 3.11. The van der Waals surface area contributed by atoms with Crippen molar-refractivity contribution in [3.63, 3.8) is 0 Å². The van der Waals surface area contributed by atoms with Crippen molar-refractivity contribution in [3.8, 4) is 11.5 Å². The number of nitrogens with one attached hydrogen (secondary N) is 1. The first kappa shape index (κ1) is 10.3. The molecular formula is C12H17NO2. The van der Waals surface area contributed by atoms with Gasteiger partial charge in [0.1, 0.15) is 11.5 Å². The third-order valence-electron chi connectivity index (χ3n) is 2.93. The number of methoxy groups -OCH3 is 2. The van der Waals surface area contributed by atoms with Crippen LogP contribution in [0.5, 0.6) is 11.5 Å². The van der Waals surface area contributed by atoms with Gasteiger partial charge in [-0.15, -0.1) is 0 Å². The molecule has 82 valence electrons. The molecule has 15 heavy (non-hydrogen) atoms. The average molecular weight is 207 g/mol. The van der Waals surface area contributed by atoms with Gasteiger partial charge in [-0.2, -0.15) is 0 Å². The second kappa shape index (κ2) is 4.53. The van der Waals surface area contributed by atoms with E-state index < -0.39 is 0 Å². The summed E-state index contributed by atoms with van der Waals surface area (Å²) in [6, 6.07) is 5.95. The van der Waals surface area contributed by atoms with Gasteiger partial charge in [-0.25, -0.2) is 0 Å². The summed E-state index contributed by atoms with van der Waals surface area (Å²) in [5.74, 6) is 2.38. The largest absolute Gasteiger partial charge is 0.496 e. The van der Waals surface area contributed by atoms with Gasteiger partial charge in [0.15, 0.2) is 0 Å². The second-order valence-electron chi connectivity index (χ2n) is 3.77. The lowest BCUT2D eigenvalue weighted by atomic mass is 9.96. The van der Waals surface area contributed by atoms with Crippen LogP contribution in [0.3, 0.4) is 0 Å². The summed E-state index contributed by atoms with van der Waals surface area (Å²) >= 11 is 0. The summed E-state index contributed by atoms with van der Waals surface area (Å²) in [4.78, 5) is 0. The molecule has 1 aromatic rings. The summed E-state index contributed by atoms with van der Waals surface area (Å²) in [5.41, 5.74) is 1.20. The first-order valence-corrected chi connectivity index (χ1v) is 5.28. The molecule has 1 aromatic carbocycles. The first-order chi connectivity index (χ1) is 7.36. The van der Waals surface area contributed by atoms with Crippen molar-refractivity contribution >= 4 is 0 Å². The SMILES string of the molecule is COc1cccc(OC)c1C1CCNC1. The Morgan fingerprint density at radius 3 is 2.33 bits per heavy atom. The lowest BCUT2D eigenvalue weighted by Crippen LogP contribution is -2.09. The van der Waals surface area contributed by atoms with Gasteiger partial charge in [0, 0.05) is 18.0 Å². The predicted molar refractivity (Wildman–Crippen MR) is 59.8 cm³/mol. The van der Waals surface area contributed by atoms with Crippen LogP contribution in [0.4, 0.5) is 0 Å². The third-order valence-corrected chi connectivity index (χ3v) is 2.93. The van der Waals surface area contributed by atoms with Gasteiger partial charge in [-0.05, 0) is 25.1 Å². The molecule has 0 aliphatic carbocycles. The predicted octanol–water partition coefficient (Wildman–Crippen LogP) is 1.78. The highest BCUT2D eigenvalue weighted by atomic mass is 16.5. The highest BCUT2D eigenvalue weighted by Gasteiger charge is 2.23. The number of hydrogen-bond acceptors (Lipinski definition) is 3. The van der Waals surface area contributed by atoms with Gasteiger partial charge < -0.3 is 14.8 Å². The molecule has 3 nitrogen and oxygen atoms in total. The van der Waals surface area contributed by atoms with Crippen LogP contribution in [-0.4, -0.2) is 27.3 Å². The summed E-state index contributed by atoms with van der Waals surface area (Å²) in [6.45, 7) is 2.09. The maximum Gasteiger partial charge on any atom is 0.126 e. The van der Waals surface area contributed by atoms with Gasteiger partial charge >= 0.3 is 0 Å². The summed E-state index contributed by atoms with van der Waals surface area (Å²) < 4.78 is 10.8. The average Bonchev–Trinajstić information content (AvgIpc) is 2.81. The molecule has 0 radical (unpaired) electrons. The fraction of sp³-hybridized carbons (Fsp3) is 0.500. The minimum Gasteiger partial charge on any atom is -0.496 e. The zero-order valence-electron chi connectivity index (χ0n) is 9.25.